The number of carboxylic acids is 1. The summed E-state index contributed by atoms with van der Waals surface area (Å²) in [6, 6.07) is 0. The van der Waals surface area contributed by atoms with Crippen molar-refractivity contribution in [1.82, 2.24) is 0 Å². The van der Waals surface area contributed by atoms with Gasteiger partial charge in [-0.05, 0) is 37.5 Å². The Bertz CT molecular complexity index is 239. The maximum Gasteiger partial charge on any atom is 0.307 e. The first kappa shape index (κ1) is 15.2. The maximum atomic E-state index is 11.5. The Balaban J connectivity index is 5.19. The van der Waals surface area contributed by atoms with Gasteiger partial charge in [0.1, 0.15) is 0 Å². The number of hydrogen-bond acceptors (Lipinski definition) is 1. The molecular weight excluding hydrogens is 200 g/mol. The lowest BCUT2D eigenvalue weighted by molar-refractivity contribution is -0.148. The molecule has 0 fully saturated rings. The fourth-order valence-electron chi connectivity index (χ4n) is 2.42. The summed E-state index contributed by atoms with van der Waals surface area (Å²) in [5, 5.41) is 9.47. The highest BCUT2D eigenvalue weighted by atomic mass is 16.4. The largest absolute Gasteiger partial charge is 0.481 e. The molecule has 0 aromatic heterocycles. The zero-order valence-corrected chi connectivity index (χ0v) is 11.3. The summed E-state index contributed by atoms with van der Waals surface area (Å²) in [4.78, 5) is 11.5. The molecule has 0 aliphatic heterocycles. The maximum absolute atomic E-state index is 11.5. The predicted octanol–water partition coefficient (Wildman–Crippen LogP) is 4.12. The van der Waals surface area contributed by atoms with Gasteiger partial charge >= 0.3 is 5.97 Å². The van der Waals surface area contributed by atoms with Crippen molar-refractivity contribution in [3.8, 4) is 0 Å². The van der Waals surface area contributed by atoms with Gasteiger partial charge in [-0.1, -0.05) is 39.8 Å². The molecule has 2 atom stereocenters. The van der Waals surface area contributed by atoms with Crippen LogP contribution in [0.3, 0.4) is 0 Å². The van der Waals surface area contributed by atoms with E-state index in [-0.39, 0.29) is 17.3 Å². The van der Waals surface area contributed by atoms with E-state index in [0.717, 1.165) is 19.3 Å². The molecule has 0 bridgehead atoms. The molecule has 0 amide bonds. The SMILES string of the molecule is C/C=C\C(CC)C(C(=O)O)C(C)(CC)CC. The summed E-state index contributed by atoms with van der Waals surface area (Å²) in [6.45, 7) is 10.3. The molecule has 0 rings (SSSR count). The van der Waals surface area contributed by atoms with Crippen LogP contribution >= 0.6 is 0 Å². The summed E-state index contributed by atoms with van der Waals surface area (Å²) in [5.41, 5.74) is -0.105. The molecule has 0 saturated heterocycles. The van der Waals surface area contributed by atoms with Crippen LogP contribution in [-0.4, -0.2) is 11.1 Å². The van der Waals surface area contributed by atoms with Crippen LogP contribution < -0.4 is 0 Å². The van der Waals surface area contributed by atoms with Crippen LogP contribution in [0.2, 0.25) is 0 Å². The Kier molecular flexibility index (Phi) is 6.39. The second-order valence-corrected chi connectivity index (χ2v) is 4.77. The van der Waals surface area contributed by atoms with Crippen LogP contribution in [0.15, 0.2) is 12.2 Å². The molecular formula is C14H26O2. The molecule has 0 saturated carbocycles. The zero-order valence-electron chi connectivity index (χ0n) is 11.3. The van der Waals surface area contributed by atoms with E-state index in [4.69, 9.17) is 0 Å². The third kappa shape index (κ3) is 3.36. The third-order valence-electron chi connectivity index (χ3n) is 3.97. The summed E-state index contributed by atoms with van der Waals surface area (Å²) in [5.74, 6) is -0.785. The first-order valence-corrected chi connectivity index (χ1v) is 6.32. The Labute approximate surface area is 99.7 Å². The molecule has 1 N–H and O–H groups in total. The lowest BCUT2D eigenvalue weighted by Gasteiger charge is -2.37. The predicted molar refractivity (Wildman–Crippen MR) is 68.4 cm³/mol. The normalized spacial score (nSPS) is 16.3. The van der Waals surface area contributed by atoms with E-state index in [1.165, 1.54) is 0 Å². The van der Waals surface area contributed by atoms with Crippen LogP contribution in [0.1, 0.15) is 53.9 Å². The molecule has 16 heavy (non-hydrogen) atoms. The van der Waals surface area contributed by atoms with Gasteiger partial charge in [0.2, 0.25) is 0 Å². The first-order chi connectivity index (χ1) is 7.46. The molecule has 0 aromatic carbocycles. The van der Waals surface area contributed by atoms with Gasteiger partial charge in [-0.15, -0.1) is 0 Å². The summed E-state index contributed by atoms with van der Waals surface area (Å²) in [7, 11) is 0. The summed E-state index contributed by atoms with van der Waals surface area (Å²) in [6.07, 6.45) is 6.72. The van der Waals surface area contributed by atoms with Crippen molar-refractivity contribution in [3.05, 3.63) is 12.2 Å². The summed E-state index contributed by atoms with van der Waals surface area (Å²) < 4.78 is 0. The van der Waals surface area contributed by atoms with E-state index < -0.39 is 5.97 Å². The van der Waals surface area contributed by atoms with Gasteiger partial charge in [-0.25, -0.2) is 0 Å². The van der Waals surface area contributed by atoms with Gasteiger partial charge in [0.25, 0.3) is 0 Å². The van der Waals surface area contributed by atoms with Crippen molar-refractivity contribution in [2.75, 3.05) is 0 Å². The summed E-state index contributed by atoms with van der Waals surface area (Å²) >= 11 is 0. The Hall–Kier alpha value is -0.790. The van der Waals surface area contributed by atoms with Gasteiger partial charge < -0.3 is 5.11 Å². The average Bonchev–Trinajstić information content (AvgIpc) is 2.27. The molecule has 2 heteroatoms. The lowest BCUT2D eigenvalue weighted by Crippen LogP contribution is -2.37. The number of allylic oxidation sites excluding steroid dienone is 2. The minimum Gasteiger partial charge on any atom is -0.481 e. The van der Waals surface area contributed by atoms with Crippen molar-refractivity contribution in [2.24, 2.45) is 17.3 Å². The standard InChI is InChI=1S/C14H26O2/c1-6-10-11(7-2)12(13(15)16)14(5,8-3)9-4/h6,10-12H,7-9H2,1-5H3,(H,15,16)/b10-6-. The van der Waals surface area contributed by atoms with E-state index in [2.05, 4.69) is 27.7 Å². The number of carbonyl (C=O) groups is 1. The highest BCUT2D eigenvalue weighted by molar-refractivity contribution is 5.71. The smallest absolute Gasteiger partial charge is 0.307 e. The minimum atomic E-state index is -0.656. The average molecular weight is 226 g/mol. The van der Waals surface area contributed by atoms with Crippen LogP contribution in [0.4, 0.5) is 0 Å². The molecule has 2 nitrogen and oxygen atoms in total. The van der Waals surface area contributed by atoms with Gasteiger partial charge in [0, 0.05) is 0 Å². The van der Waals surface area contributed by atoms with Crippen LogP contribution in [0.25, 0.3) is 0 Å². The van der Waals surface area contributed by atoms with Crippen molar-refractivity contribution < 1.29 is 9.90 Å². The van der Waals surface area contributed by atoms with Gasteiger partial charge in [0.15, 0.2) is 0 Å². The molecule has 0 spiro atoms. The molecule has 0 aromatic rings. The van der Waals surface area contributed by atoms with E-state index in [1.54, 1.807) is 0 Å². The van der Waals surface area contributed by atoms with E-state index >= 15 is 0 Å². The van der Waals surface area contributed by atoms with Crippen LogP contribution in [-0.2, 0) is 4.79 Å². The van der Waals surface area contributed by atoms with E-state index in [9.17, 15) is 9.90 Å². The second-order valence-electron chi connectivity index (χ2n) is 4.77. The fraction of sp³-hybridized carbons (Fsp3) is 0.786. The molecule has 0 heterocycles. The van der Waals surface area contributed by atoms with E-state index in [0.29, 0.717) is 0 Å². The highest BCUT2D eigenvalue weighted by Crippen LogP contribution is 2.41. The fourth-order valence-corrected chi connectivity index (χ4v) is 2.42. The van der Waals surface area contributed by atoms with Crippen molar-refractivity contribution in [3.63, 3.8) is 0 Å². The van der Waals surface area contributed by atoms with Gasteiger partial charge in [-0.3, -0.25) is 4.79 Å². The lowest BCUT2D eigenvalue weighted by atomic mass is 9.66. The number of hydrogen-bond donors (Lipinski definition) is 1. The zero-order chi connectivity index (χ0) is 12.8. The first-order valence-electron chi connectivity index (χ1n) is 6.32. The minimum absolute atomic E-state index is 0.105. The number of carboxylic acid groups (broad SMARTS) is 1. The Morgan fingerprint density at radius 1 is 1.31 bits per heavy atom. The van der Waals surface area contributed by atoms with Crippen molar-refractivity contribution >= 4 is 5.97 Å². The van der Waals surface area contributed by atoms with Crippen LogP contribution in [0, 0.1) is 17.3 Å². The third-order valence-corrected chi connectivity index (χ3v) is 3.97. The molecule has 0 aliphatic carbocycles. The number of rotatable bonds is 7. The number of aliphatic carboxylic acids is 1. The quantitative estimate of drug-likeness (QED) is 0.663. The van der Waals surface area contributed by atoms with E-state index in [1.807, 2.05) is 19.1 Å². The van der Waals surface area contributed by atoms with Crippen LogP contribution in [0.5, 0.6) is 0 Å². The second kappa shape index (κ2) is 6.72. The molecule has 94 valence electrons. The van der Waals surface area contributed by atoms with Crippen molar-refractivity contribution in [1.29, 1.82) is 0 Å². The molecule has 0 aliphatic rings. The Morgan fingerprint density at radius 2 is 1.81 bits per heavy atom. The van der Waals surface area contributed by atoms with Crippen molar-refractivity contribution in [2.45, 2.75) is 53.9 Å². The van der Waals surface area contributed by atoms with Gasteiger partial charge in [-0.2, -0.15) is 0 Å². The Morgan fingerprint density at radius 3 is 2.06 bits per heavy atom. The monoisotopic (exact) mass is 226 g/mol. The highest BCUT2D eigenvalue weighted by Gasteiger charge is 2.40. The molecule has 2 unspecified atom stereocenters. The molecule has 0 radical (unpaired) electrons. The topological polar surface area (TPSA) is 37.3 Å². The van der Waals surface area contributed by atoms with Gasteiger partial charge in [0.05, 0.1) is 5.92 Å².